The molecule has 0 aromatic carbocycles. The highest BCUT2D eigenvalue weighted by molar-refractivity contribution is 9.10. The van der Waals surface area contributed by atoms with Crippen molar-refractivity contribution >= 4 is 50.2 Å². The lowest BCUT2D eigenvalue weighted by Gasteiger charge is -2.25. The fourth-order valence-corrected chi connectivity index (χ4v) is 5.97. The van der Waals surface area contributed by atoms with E-state index in [2.05, 4.69) is 56.4 Å². The zero-order chi connectivity index (χ0) is 31.9. The summed E-state index contributed by atoms with van der Waals surface area (Å²) >= 11 is 3.36. The van der Waals surface area contributed by atoms with Crippen LogP contribution in [0.2, 0.25) is 0 Å². The highest BCUT2D eigenvalue weighted by Crippen LogP contribution is 2.37. The summed E-state index contributed by atoms with van der Waals surface area (Å²) < 4.78 is 3.75. The fraction of sp³-hybridized carbons (Fsp3) is 0.333. The first-order valence-electron chi connectivity index (χ1n) is 14.2. The molecule has 1 N–H and O–H groups in total. The molecule has 1 fully saturated rings. The summed E-state index contributed by atoms with van der Waals surface area (Å²) in [6.45, 7) is 7.64. The molecular formula is C30H30BrN11O3. The first-order chi connectivity index (χ1) is 21.5. The molecule has 45 heavy (non-hydrogen) atoms. The van der Waals surface area contributed by atoms with Crippen molar-refractivity contribution in [3.05, 3.63) is 71.1 Å². The van der Waals surface area contributed by atoms with Crippen molar-refractivity contribution in [3.8, 4) is 11.3 Å². The van der Waals surface area contributed by atoms with Crippen LogP contribution >= 0.6 is 15.9 Å². The fourth-order valence-electron chi connectivity index (χ4n) is 5.66. The summed E-state index contributed by atoms with van der Waals surface area (Å²) in [4.78, 5) is 63.4. The van der Waals surface area contributed by atoms with Gasteiger partial charge in [-0.2, -0.15) is 10.2 Å². The van der Waals surface area contributed by atoms with Crippen LogP contribution in [0.15, 0.2) is 54.0 Å². The number of pyridine rings is 2. The van der Waals surface area contributed by atoms with E-state index < -0.39 is 11.5 Å². The van der Waals surface area contributed by atoms with Gasteiger partial charge in [0, 0.05) is 48.8 Å². The number of anilines is 1. The van der Waals surface area contributed by atoms with Crippen LogP contribution in [0.1, 0.15) is 42.1 Å². The van der Waals surface area contributed by atoms with Gasteiger partial charge in [-0.15, -0.1) is 0 Å². The normalized spacial score (nSPS) is 18.0. The summed E-state index contributed by atoms with van der Waals surface area (Å²) in [6.07, 6.45) is 8.37. The molecule has 230 valence electrons. The average Bonchev–Trinajstić information content (AvgIpc) is 3.73. The van der Waals surface area contributed by atoms with Crippen LogP contribution in [-0.2, 0) is 22.7 Å². The Hall–Kier alpha value is -4.92. The van der Waals surface area contributed by atoms with E-state index in [-0.39, 0.29) is 29.8 Å². The van der Waals surface area contributed by atoms with Gasteiger partial charge in [0.1, 0.15) is 47.2 Å². The van der Waals surface area contributed by atoms with Crippen molar-refractivity contribution in [2.75, 3.05) is 11.9 Å². The van der Waals surface area contributed by atoms with Crippen molar-refractivity contribution in [3.63, 3.8) is 0 Å². The van der Waals surface area contributed by atoms with Gasteiger partial charge >= 0.3 is 0 Å². The van der Waals surface area contributed by atoms with Gasteiger partial charge in [0.2, 0.25) is 11.8 Å². The van der Waals surface area contributed by atoms with Gasteiger partial charge < -0.3 is 10.2 Å². The highest BCUT2D eigenvalue weighted by atomic mass is 79.9. The molecule has 15 heteroatoms. The SMILES string of the molecule is CC(=O)c1nn(CC(=O)N2C[C@@](C)(Cn3cncn3)C[C@H]2C(=O)Nc2nc(Br)ccc2C)c2cnc(-c3cnc(C)nc3)cc12. The molecular weight excluding hydrogens is 642 g/mol. The Bertz CT molecular complexity index is 1920. The van der Waals surface area contributed by atoms with Gasteiger partial charge in [-0.3, -0.25) is 28.7 Å². The Labute approximate surface area is 266 Å². The highest BCUT2D eigenvalue weighted by Gasteiger charge is 2.46. The molecule has 2 atom stereocenters. The van der Waals surface area contributed by atoms with Gasteiger partial charge in [0.25, 0.3) is 0 Å². The van der Waals surface area contributed by atoms with E-state index in [0.29, 0.717) is 57.9 Å². The quantitative estimate of drug-likeness (QED) is 0.191. The minimum absolute atomic E-state index is 0.199. The maximum atomic E-state index is 14.0. The maximum absolute atomic E-state index is 14.0. The number of rotatable bonds is 8. The van der Waals surface area contributed by atoms with Crippen molar-refractivity contribution in [2.24, 2.45) is 5.41 Å². The largest absolute Gasteiger partial charge is 0.328 e. The summed E-state index contributed by atoms with van der Waals surface area (Å²) in [6, 6.07) is 4.61. The molecule has 0 spiro atoms. The van der Waals surface area contributed by atoms with Gasteiger partial charge in [-0.05, 0) is 53.9 Å². The number of carbonyl (C=O) groups is 3. The lowest BCUT2D eigenvalue weighted by atomic mass is 9.87. The van der Waals surface area contributed by atoms with Crippen LogP contribution < -0.4 is 5.32 Å². The number of nitrogens with one attached hydrogen (secondary N) is 1. The number of hydrogen-bond donors (Lipinski definition) is 1. The molecule has 5 aromatic rings. The van der Waals surface area contributed by atoms with Crippen LogP contribution in [0.4, 0.5) is 5.82 Å². The zero-order valence-electron chi connectivity index (χ0n) is 25.1. The number of aromatic nitrogens is 9. The van der Waals surface area contributed by atoms with Crippen molar-refractivity contribution in [1.82, 2.24) is 49.4 Å². The van der Waals surface area contributed by atoms with Crippen LogP contribution in [-0.4, -0.2) is 79.6 Å². The number of hydrogen-bond acceptors (Lipinski definition) is 10. The van der Waals surface area contributed by atoms with Crippen molar-refractivity contribution in [1.29, 1.82) is 0 Å². The number of carbonyl (C=O) groups excluding carboxylic acids is 3. The third-order valence-corrected chi connectivity index (χ3v) is 8.33. The minimum Gasteiger partial charge on any atom is -0.328 e. The Morgan fingerprint density at radius 3 is 2.60 bits per heavy atom. The number of aryl methyl sites for hydroxylation is 2. The Morgan fingerprint density at radius 1 is 1.11 bits per heavy atom. The topological polar surface area (TPSA) is 167 Å². The molecule has 0 unspecified atom stereocenters. The smallest absolute Gasteiger partial charge is 0.248 e. The van der Waals surface area contributed by atoms with Crippen LogP contribution in [0.25, 0.3) is 22.2 Å². The van der Waals surface area contributed by atoms with Crippen molar-refractivity contribution in [2.45, 2.75) is 53.2 Å². The second-order valence-corrected chi connectivity index (χ2v) is 12.4. The number of halogens is 1. The Morgan fingerprint density at radius 2 is 1.89 bits per heavy atom. The van der Waals surface area contributed by atoms with Gasteiger partial charge in [-0.25, -0.2) is 19.9 Å². The lowest BCUT2D eigenvalue weighted by molar-refractivity contribution is -0.137. The molecule has 0 saturated carbocycles. The second-order valence-electron chi connectivity index (χ2n) is 11.6. The number of Topliss-reactive ketones (excluding diaryl/α,β-unsaturated/α-hetero) is 1. The van der Waals surface area contributed by atoms with Crippen molar-refractivity contribution < 1.29 is 14.4 Å². The standard InChI is InChI=1S/C30H30BrN11O3/c1-17-5-6-25(31)37-28(17)38-29(45)23-8-30(4,13-40-16-32-15-36-40)14-41(23)26(44)12-42-24-11-35-22(20-9-33-19(3)34-10-20)7-21(24)27(39-42)18(2)43/h5-7,9-11,15-16,23H,8,12-14H2,1-4H3,(H,37,38,45)/t23-,30+/m0/s1. The van der Waals surface area contributed by atoms with E-state index >= 15 is 0 Å². The molecule has 5 aromatic heterocycles. The molecule has 2 amide bonds. The molecule has 14 nitrogen and oxygen atoms in total. The van der Waals surface area contributed by atoms with E-state index in [1.54, 1.807) is 53.6 Å². The third-order valence-electron chi connectivity index (χ3n) is 7.88. The Balaban J connectivity index is 1.31. The molecule has 6 heterocycles. The molecule has 1 aliphatic rings. The minimum atomic E-state index is -0.786. The van der Waals surface area contributed by atoms with E-state index in [1.165, 1.54) is 17.9 Å². The predicted molar refractivity (Wildman–Crippen MR) is 167 cm³/mol. The number of ketones is 1. The van der Waals surface area contributed by atoms with E-state index in [0.717, 1.165) is 5.56 Å². The summed E-state index contributed by atoms with van der Waals surface area (Å²) in [5.74, 6) is 0.119. The zero-order valence-corrected chi connectivity index (χ0v) is 26.7. The van der Waals surface area contributed by atoms with Crippen LogP contribution in [0.5, 0.6) is 0 Å². The Kier molecular flexibility index (Phi) is 7.95. The maximum Gasteiger partial charge on any atom is 0.248 e. The number of fused-ring (bicyclic) bond motifs is 1. The summed E-state index contributed by atoms with van der Waals surface area (Å²) in [5, 5.41) is 12.2. The van der Waals surface area contributed by atoms with E-state index in [9.17, 15) is 14.4 Å². The lowest BCUT2D eigenvalue weighted by Crippen LogP contribution is -2.45. The summed E-state index contributed by atoms with van der Waals surface area (Å²) in [5.41, 5.74) is 2.31. The molecule has 1 aliphatic heterocycles. The van der Waals surface area contributed by atoms with E-state index in [4.69, 9.17) is 0 Å². The van der Waals surface area contributed by atoms with E-state index in [1.807, 2.05) is 19.9 Å². The molecule has 0 aliphatic carbocycles. The summed E-state index contributed by atoms with van der Waals surface area (Å²) in [7, 11) is 0. The molecule has 6 rings (SSSR count). The predicted octanol–water partition coefficient (Wildman–Crippen LogP) is 3.40. The van der Waals surface area contributed by atoms with Crippen LogP contribution in [0, 0.1) is 19.3 Å². The number of amides is 2. The number of likely N-dealkylation sites (tertiary alicyclic amines) is 1. The first-order valence-corrected chi connectivity index (χ1v) is 15.0. The van der Waals surface area contributed by atoms with Gasteiger partial charge in [0.15, 0.2) is 5.78 Å². The van der Waals surface area contributed by atoms with Crippen LogP contribution in [0.3, 0.4) is 0 Å². The average molecular weight is 673 g/mol. The first kappa shape index (κ1) is 30.1. The number of nitrogens with zero attached hydrogens (tertiary/aromatic N) is 10. The monoisotopic (exact) mass is 671 g/mol. The third kappa shape index (κ3) is 6.20. The molecule has 0 radical (unpaired) electrons. The second kappa shape index (κ2) is 11.9. The van der Waals surface area contributed by atoms with Gasteiger partial charge in [0.05, 0.1) is 17.4 Å². The molecule has 0 bridgehead atoms. The van der Waals surface area contributed by atoms with Gasteiger partial charge in [-0.1, -0.05) is 13.0 Å². The molecule has 1 saturated heterocycles.